The Kier molecular flexibility index (Phi) is 6.60. The zero-order chi connectivity index (χ0) is 30.9. The quantitative estimate of drug-likeness (QED) is 0.216. The van der Waals surface area contributed by atoms with Crippen LogP contribution in [0.25, 0.3) is 45.4 Å². The van der Waals surface area contributed by atoms with E-state index in [9.17, 15) is 0 Å². The third-order valence-electron chi connectivity index (χ3n) is 10.1. The van der Waals surface area contributed by atoms with E-state index >= 15 is 0 Å². The number of benzene rings is 1. The largest absolute Gasteiger partial charge is 0.258 e. The summed E-state index contributed by atoms with van der Waals surface area (Å²) in [5, 5.41) is 0. The van der Waals surface area contributed by atoms with E-state index in [1.54, 1.807) is 0 Å². The SMILES string of the molecule is Cc1cc(-c2nc(-c3ccc(-c4ccc5c(c4)C(C)(C)C(C)(C)C5(C)C)nc3)nc(-c3cc(C)nc(C)c3)n2)cc(C)n1. The predicted octanol–water partition coefficient (Wildman–Crippen LogP) is 8.55. The number of aromatic nitrogens is 6. The van der Waals surface area contributed by atoms with Gasteiger partial charge in [-0.3, -0.25) is 15.0 Å². The first-order valence-corrected chi connectivity index (χ1v) is 15.0. The summed E-state index contributed by atoms with van der Waals surface area (Å²) in [6.07, 6.45) is 1.87. The van der Waals surface area contributed by atoms with Gasteiger partial charge in [-0.2, -0.15) is 0 Å². The molecule has 6 nitrogen and oxygen atoms in total. The maximum atomic E-state index is 4.92. The summed E-state index contributed by atoms with van der Waals surface area (Å²) in [5.74, 6) is 1.80. The van der Waals surface area contributed by atoms with E-state index in [0.29, 0.717) is 17.5 Å². The number of pyridine rings is 3. The van der Waals surface area contributed by atoms with Gasteiger partial charge in [0.15, 0.2) is 17.5 Å². The van der Waals surface area contributed by atoms with Gasteiger partial charge in [-0.25, -0.2) is 15.0 Å². The molecule has 0 spiro atoms. The fraction of sp³-hybridized carbons (Fsp3) is 0.351. The van der Waals surface area contributed by atoms with E-state index in [0.717, 1.165) is 50.7 Å². The Hall–Kier alpha value is -4.32. The summed E-state index contributed by atoms with van der Waals surface area (Å²) < 4.78 is 0. The summed E-state index contributed by atoms with van der Waals surface area (Å²) in [4.78, 5) is 28.7. The normalized spacial score (nSPS) is 16.2. The molecular weight excluding hydrogens is 528 g/mol. The van der Waals surface area contributed by atoms with Gasteiger partial charge in [0.05, 0.1) is 5.69 Å². The van der Waals surface area contributed by atoms with Crippen molar-refractivity contribution in [2.45, 2.75) is 80.1 Å². The molecule has 5 aromatic rings. The second-order valence-corrected chi connectivity index (χ2v) is 13.7. The Morgan fingerprint density at radius 3 is 1.35 bits per heavy atom. The molecule has 6 heteroatoms. The molecule has 0 saturated carbocycles. The average molecular weight is 569 g/mol. The highest BCUT2D eigenvalue weighted by Gasteiger charge is 2.56. The standard InChI is InChI=1S/C37H40N6/c1-21-15-27(16-22(2)39-21)33-41-32(42-34(43-33)28-17-23(3)40-24(4)18-28)26-12-14-31(38-20-26)25-11-13-29-30(19-25)36(7,8)37(9,10)35(29,5)6/h11-20H,1-10H3. The van der Waals surface area contributed by atoms with E-state index in [1.165, 1.54) is 11.1 Å². The minimum Gasteiger partial charge on any atom is -0.258 e. The van der Waals surface area contributed by atoms with Crippen LogP contribution in [0.3, 0.4) is 0 Å². The van der Waals surface area contributed by atoms with Crippen LogP contribution in [0.4, 0.5) is 0 Å². The fourth-order valence-corrected chi connectivity index (χ4v) is 6.61. The smallest absolute Gasteiger partial charge is 0.165 e. The van der Waals surface area contributed by atoms with Crippen LogP contribution in [-0.2, 0) is 10.8 Å². The molecule has 0 amide bonds. The highest BCUT2D eigenvalue weighted by atomic mass is 15.0. The van der Waals surface area contributed by atoms with Gasteiger partial charge < -0.3 is 0 Å². The summed E-state index contributed by atoms with van der Waals surface area (Å²) in [6, 6.07) is 19.0. The van der Waals surface area contributed by atoms with Crippen LogP contribution in [0.5, 0.6) is 0 Å². The van der Waals surface area contributed by atoms with Crippen molar-refractivity contribution >= 4 is 0 Å². The second-order valence-electron chi connectivity index (χ2n) is 13.7. The molecular formula is C37H40N6. The van der Waals surface area contributed by atoms with Gasteiger partial charge in [-0.05, 0) is 97.5 Å². The van der Waals surface area contributed by atoms with Crippen LogP contribution in [0, 0.1) is 33.1 Å². The van der Waals surface area contributed by atoms with Gasteiger partial charge in [-0.15, -0.1) is 0 Å². The molecule has 4 aromatic heterocycles. The van der Waals surface area contributed by atoms with Crippen molar-refractivity contribution in [1.29, 1.82) is 0 Å². The Morgan fingerprint density at radius 1 is 0.442 bits per heavy atom. The van der Waals surface area contributed by atoms with E-state index < -0.39 is 0 Å². The molecule has 43 heavy (non-hydrogen) atoms. The van der Waals surface area contributed by atoms with Gasteiger partial charge in [0.1, 0.15) is 0 Å². The number of nitrogens with zero attached hydrogens (tertiary/aromatic N) is 6. The van der Waals surface area contributed by atoms with Crippen molar-refractivity contribution in [1.82, 2.24) is 29.9 Å². The third kappa shape index (κ3) is 4.73. The monoisotopic (exact) mass is 568 g/mol. The molecule has 0 unspecified atom stereocenters. The zero-order valence-electron chi connectivity index (χ0n) is 27.0. The molecule has 1 aliphatic rings. The molecule has 0 radical (unpaired) electrons. The van der Waals surface area contributed by atoms with E-state index in [-0.39, 0.29) is 16.2 Å². The number of hydrogen-bond acceptors (Lipinski definition) is 6. The van der Waals surface area contributed by atoms with Crippen LogP contribution < -0.4 is 0 Å². The lowest BCUT2D eigenvalue weighted by molar-refractivity contribution is 0.125. The minimum atomic E-state index is 0.0345. The molecule has 4 heterocycles. The molecule has 0 saturated heterocycles. The highest BCUT2D eigenvalue weighted by Crippen LogP contribution is 2.61. The van der Waals surface area contributed by atoms with Crippen molar-refractivity contribution in [2.24, 2.45) is 5.41 Å². The average Bonchev–Trinajstić information content (AvgIpc) is 3.05. The van der Waals surface area contributed by atoms with Gasteiger partial charge in [0.2, 0.25) is 0 Å². The molecule has 0 aliphatic heterocycles. The first-order chi connectivity index (χ1) is 20.2. The van der Waals surface area contributed by atoms with Crippen molar-refractivity contribution in [2.75, 3.05) is 0 Å². The van der Waals surface area contributed by atoms with E-state index in [4.69, 9.17) is 19.9 Å². The van der Waals surface area contributed by atoms with Gasteiger partial charge in [-0.1, -0.05) is 53.7 Å². The molecule has 218 valence electrons. The highest BCUT2D eigenvalue weighted by molar-refractivity contribution is 5.69. The summed E-state index contributed by atoms with van der Waals surface area (Å²) >= 11 is 0. The third-order valence-corrected chi connectivity index (χ3v) is 10.1. The van der Waals surface area contributed by atoms with Gasteiger partial charge in [0.25, 0.3) is 0 Å². The summed E-state index contributed by atoms with van der Waals surface area (Å²) in [5.41, 5.74) is 11.5. The molecule has 0 fully saturated rings. The van der Waals surface area contributed by atoms with Gasteiger partial charge in [0, 0.05) is 51.2 Å². The summed E-state index contributed by atoms with van der Waals surface area (Å²) in [7, 11) is 0. The molecule has 0 N–H and O–H groups in total. The topological polar surface area (TPSA) is 77.3 Å². The Balaban J connectivity index is 1.44. The predicted molar refractivity (Wildman–Crippen MR) is 174 cm³/mol. The van der Waals surface area contributed by atoms with Crippen LogP contribution in [0.2, 0.25) is 0 Å². The Bertz CT molecular complexity index is 1770. The summed E-state index contributed by atoms with van der Waals surface area (Å²) in [6.45, 7) is 22.2. The molecule has 1 aliphatic carbocycles. The maximum Gasteiger partial charge on any atom is 0.165 e. The van der Waals surface area contributed by atoms with Gasteiger partial charge >= 0.3 is 0 Å². The number of hydrogen-bond donors (Lipinski definition) is 0. The number of rotatable bonds is 4. The first-order valence-electron chi connectivity index (χ1n) is 15.0. The maximum absolute atomic E-state index is 4.92. The lowest BCUT2D eigenvalue weighted by Crippen LogP contribution is -2.42. The van der Waals surface area contributed by atoms with Crippen LogP contribution in [-0.4, -0.2) is 29.9 Å². The Morgan fingerprint density at radius 2 is 0.884 bits per heavy atom. The van der Waals surface area contributed by atoms with Crippen molar-refractivity contribution in [3.05, 3.63) is 94.7 Å². The number of fused-ring (bicyclic) bond motifs is 1. The number of aryl methyl sites for hydroxylation is 4. The van der Waals surface area contributed by atoms with Crippen molar-refractivity contribution in [3.8, 4) is 45.4 Å². The van der Waals surface area contributed by atoms with E-state index in [1.807, 2.05) is 58.2 Å². The lowest BCUT2D eigenvalue weighted by atomic mass is 9.59. The van der Waals surface area contributed by atoms with Crippen LogP contribution in [0.1, 0.15) is 75.4 Å². The van der Waals surface area contributed by atoms with Crippen LogP contribution in [0.15, 0.2) is 60.8 Å². The van der Waals surface area contributed by atoms with E-state index in [2.05, 4.69) is 81.8 Å². The van der Waals surface area contributed by atoms with Crippen LogP contribution >= 0.6 is 0 Å². The molecule has 0 atom stereocenters. The molecule has 0 bridgehead atoms. The second kappa shape index (κ2) is 9.87. The van der Waals surface area contributed by atoms with Crippen molar-refractivity contribution < 1.29 is 0 Å². The first kappa shape index (κ1) is 28.8. The fourth-order valence-electron chi connectivity index (χ4n) is 6.61. The minimum absolute atomic E-state index is 0.0345. The van der Waals surface area contributed by atoms with Crippen molar-refractivity contribution in [3.63, 3.8) is 0 Å². The lowest BCUT2D eigenvalue weighted by Gasteiger charge is -2.44. The molecule has 1 aromatic carbocycles. The molecule has 6 rings (SSSR count). The Labute approximate surface area is 255 Å². The zero-order valence-corrected chi connectivity index (χ0v) is 27.0.